The van der Waals surface area contributed by atoms with Crippen LogP contribution >= 0.6 is 0 Å². The molecule has 0 aliphatic heterocycles. The van der Waals surface area contributed by atoms with Gasteiger partial charge in [-0.2, -0.15) is 5.10 Å². The highest BCUT2D eigenvalue weighted by Gasteiger charge is 2.14. The Hall–Kier alpha value is -3.94. The largest absolute Gasteiger partial charge is 0.497 e. The summed E-state index contributed by atoms with van der Waals surface area (Å²) in [6, 6.07) is 16.8. The Morgan fingerprint density at radius 2 is 1.83 bits per heavy atom. The Bertz CT molecular complexity index is 1140. The summed E-state index contributed by atoms with van der Waals surface area (Å²) < 4.78 is 6.89. The number of hydrogen-bond acceptors (Lipinski definition) is 5. The highest BCUT2D eigenvalue weighted by Crippen LogP contribution is 2.21. The molecule has 4 aromatic rings. The lowest BCUT2D eigenvalue weighted by Gasteiger charge is -2.08. The number of rotatable bonds is 5. The number of fused-ring (bicyclic) bond motifs is 1. The second-order valence-corrected chi connectivity index (χ2v) is 6.42. The zero-order valence-electron chi connectivity index (χ0n) is 16.1. The van der Waals surface area contributed by atoms with E-state index in [1.807, 2.05) is 54.6 Å². The summed E-state index contributed by atoms with van der Waals surface area (Å²) in [4.78, 5) is 21.1. The molecule has 146 valence electrons. The van der Waals surface area contributed by atoms with Gasteiger partial charge in [0.25, 0.3) is 0 Å². The highest BCUT2D eigenvalue weighted by molar-refractivity contribution is 5.96. The lowest BCUT2D eigenvalue weighted by atomic mass is 10.2. The van der Waals surface area contributed by atoms with Crippen molar-refractivity contribution >= 4 is 22.9 Å². The van der Waals surface area contributed by atoms with Gasteiger partial charge >= 0.3 is 6.03 Å². The number of hydrogen-bond donors (Lipinski definition) is 2. The summed E-state index contributed by atoms with van der Waals surface area (Å²) in [5.74, 6) is 1.68. The van der Waals surface area contributed by atoms with Crippen LogP contribution in [0.5, 0.6) is 5.75 Å². The van der Waals surface area contributed by atoms with Gasteiger partial charge in [0.1, 0.15) is 17.1 Å². The summed E-state index contributed by atoms with van der Waals surface area (Å²) >= 11 is 0. The molecule has 29 heavy (non-hydrogen) atoms. The van der Waals surface area contributed by atoms with Gasteiger partial charge < -0.3 is 10.1 Å². The Morgan fingerprint density at radius 1 is 1.07 bits per heavy atom. The summed E-state index contributed by atoms with van der Waals surface area (Å²) in [7, 11) is 1.62. The molecule has 0 unspecified atom stereocenters. The number of aryl methyl sites for hydroxylation is 1. The quantitative estimate of drug-likeness (QED) is 0.546. The van der Waals surface area contributed by atoms with E-state index in [0.717, 1.165) is 17.0 Å². The Kier molecular flexibility index (Phi) is 5.07. The number of methoxy groups -OCH3 is 1. The molecule has 2 heterocycles. The monoisotopic (exact) mass is 388 g/mol. The van der Waals surface area contributed by atoms with E-state index in [-0.39, 0.29) is 6.03 Å². The van der Waals surface area contributed by atoms with Crippen LogP contribution in [0.3, 0.4) is 0 Å². The first kappa shape index (κ1) is 18.4. The first-order valence-electron chi connectivity index (χ1n) is 9.09. The van der Waals surface area contributed by atoms with E-state index in [0.29, 0.717) is 29.2 Å². The number of urea groups is 1. The third kappa shape index (κ3) is 4.16. The number of nitrogens with zero attached hydrogens (tertiary/aromatic N) is 4. The lowest BCUT2D eigenvalue weighted by Crippen LogP contribution is -2.28. The van der Waals surface area contributed by atoms with E-state index in [4.69, 9.17) is 4.74 Å². The van der Waals surface area contributed by atoms with Crippen molar-refractivity contribution in [2.24, 2.45) is 0 Å². The van der Waals surface area contributed by atoms with E-state index in [1.165, 1.54) is 0 Å². The van der Waals surface area contributed by atoms with Crippen molar-refractivity contribution in [1.82, 2.24) is 25.1 Å². The average Bonchev–Trinajstić information content (AvgIpc) is 3.17. The van der Waals surface area contributed by atoms with Crippen LogP contribution in [-0.2, 0) is 6.54 Å². The number of amides is 2. The van der Waals surface area contributed by atoms with Crippen molar-refractivity contribution in [3.8, 4) is 11.4 Å². The normalized spacial score (nSPS) is 10.7. The lowest BCUT2D eigenvalue weighted by molar-refractivity contribution is 0.251. The van der Waals surface area contributed by atoms with Crippen LogP contribution in [-0.4, -0.2) is 32.9 Å². The molecule has 0 atom stereocenters. The maximum atomic E-state index is 12.4. The number of carbonyl (C=O) groups excluding carboxylic acids is 1. The smallest absolute Gasteiger partial charge is 0.320 e. The maximum Gasteiger partial charge on any atom is 0.320 e. The SMILES string of the molecule is COc1ccc(-n2cc3nc(C)nc(NC(=O)NCc4ccccc4)c3n2)cc1. The minimum absolute atomic E-state index is 0.354. The molecule has 8 nitrogen and oxygen atoms in total. The van der Waals surface area contributed by atoms with Crippen molar-refractivity contribution in [3.63, 3.8) is 0 Å². The molecule has 0 saturated heterocycles. The minimum Gasteiger partial charge on any atom is -0.497 e. The van der Waals surface area contributed by atoms with Crippen molar-refractivity contribution in [2.75, 3.05) is 12.4 Å². The van der Waals surface area contributed by atoms with Gasteiger partial charge in [-0.1, -0.05) is 30.3 Å². The minimum atomic E-state index is -0.354. The van der Waals surface area contributed by atoms with Crippen molar-refractivity contribution < 1.29 is 9.53 Å². The summed E-state index contributed by atoms with van der Waals surface area (Å²) in [6.45, 7) is 2.19. The second kappa shape index (κ2) is 7.97. The summed E-state index contributed by atoms with van der Waals surface area (Å²) in [6.07, 6.45) is 1.80. The zero-order chi connectivity index (χ0) is 20.2. The highest BCUT2D eigenvalue weighted by atomic mass is 16.5. The van der Waals surface area contributed by atoms with Crippen LogP contribution in [0.25, 0.3) is 16.7 Å². The first-order valence-corrected chi connectivity index (χ1v) is 9.09. The molecular weight excluding hydrogens is 368 g/mol. The number of nitrogens with one attached hydrogen (secondary N) is 2. The third-order valence-corrected chi connectivity index (χ3v) is 4.34. The van der Waals surface area contributed by atoms with Gasteiger partial charge in [-0.05, 0) is 36.8 Å². The zero-order valence-corrected chi connectivity index (χ0v) is 16.1. The first-order chi connectivity index (χ1) is 14.1. The molecule has 2 amide bonds. The fourth-order valence-corrected chi connectivity index (χ4v) is 2.91. The molecule has 2 aromatic carbocycles. The van der Waals surface area contributed by atoms with Crippen LogP contribution in [0.15, 0.2) is 60.8 Å². The molecule has 0 fully saturated rings. The maximum absolute atomic E-state index is 12.4. The Labute approximate surface area is 167 Å². The molecule has 2 N–H and O–H groups in total. The second-order valence-electron chi connectivity index (χ2n) is 6.42. The molecule has 0 bridgehead atoms. The molecule has 0 aliphatic rings. The molecule has 0 saturated carbocycles. The number of carbonyl (C=O) groups is 1. The molecule has 8 heteroatoms. The third-order valence-electron chi connectivity index (χ3n) is 4.34. The standard InChI is InChI=1S/C21H20N6O2/c1-14-23-18-13-27(16-8-10-17(29-2)11-9-16)26-19(18)20(24-14)25-21(28)22-12-15-6-4-3-5-7-15/h3-11,13H,12H2,1-2H3,(H2,22,23,24,25,28). The van der Waals surface area contributed by atoms with Gasteiger partial charge in [-0.25, -0.2) is 19.4 Å². The van der Waals surface area contributed by atoms with Crippen molar-refractivity contribution in [2.45, 2.75) is 13.5 Å². The average molecular weight is 388 g/mol. The van der Waals surface area contributed by atoms with Gasteiger partial charge in [0.15, 0.2) is 11.3 Å². The van der Waals surface area contributed by atoms with Crippen LogP contribution in [0.2, 0.25) is 0 Å². The number of aromatic nitrogens is 4. The number of anilines is 1. The molecule has 0 spiro atoms. The van der Waals surface area contributed by atoms with Crippen molar-refractivity contribution in [1.29, 1.82) is 0 Å². The van der Waals surface area contributed by atoms with Crippen LogP contribution in [0.1, 0.15) is 11.4 Å². The molecule has 0 radical (unpaired) electrons. The van der Waals surface area contributed by atoms with E-state index in [9.17, 15) is 4.79 Å². The number of ether oxygens (including phenoxy) is 1. The Balaban J connectivity index is 1.57. The van der Waals surface area contributed by atoms with E-state index < -0.39 is 0 Å². The predicted molar refractivity (Wildman–Crippen MR) is 110 cm³/mol. The molecular formula is C21H20N6O2. The van der Waals surface area contributed by atoms with Gasteiger partial charge in [0.05, 0.1) is 19.0 Å². The van der Waals surface area contributed by atoms with E-state index in [1.54, 1.807) is 24.9 Å². The van der Waals surface area contributed by atoms with E-state index in [2.05, 4.69) is 25.7 Å². The molecule has 4 rings (SSSR count). The van der Waals surface area contributed by atoms with Gasteiger partial charge in [-0.15, -0.1) is 0 Å². The number of benzene rings is 2. The van der Waals surface area contributed by atoms with Crippen molar-refractivity contribution in [3.05, 3.63) is 72.2 Å². The summed E-state index contributed by atoms with van der Waals surface area (Å²) in [5.41, 5.74) is 3.02. The summed E-state index contributed by atoms with van der Waals surface area (Å²) in [5, 5.41) is 10.2. The fraction of sp³-hybridized carbons (Fsp3) is 0.143. The predicted octanol–water partition coefficient (Wildman–Crippen LogP) is 3.45. The Morgan fingerprint density at radius 3 is 2.55 bits per heavy atom. The van der Waals surface area contributed by atoms with Crippen LogP contribution in [0.4, 0.5) is 10.6 Å². The molecule has 2 aromatic heterocycles. The van der Waals surface area contributed by atoms with E-state index >= 15 is 0 Å². The van der Waals surface area contributed by atoms with Gasteiger partial charge in [0.2, 0.25) is 0 Å². The molecule has 0 aliphatic carbocycles. The van der Waals surface area contributed by atoms with Gasteiger partial charge in [-0.3, -0.25) is 5.32 Å². The topological polar surface area (TPSA) is 94.0 Å². The van der Waals surface area contributed by atoms with Crippen LogP contribution in [0, 0.1) is 6.92 Å². The van der Waals surface area contributed by atoms with Crippen LogP contribution < -0.4 is 15.4 Å². The fourth-order valence-electron chi connectivity index (χ4n) is 2.91. The van der Waals surface area contributed by atoms with Gasteiger partial charge in [0, 0.05) is 6.54 Å².